The molecule has 4 rings (SSSR count). The molecule has 0 bridgehead atoms. The Morgan fingerprint density at radius 1 is 1.09 bits per heavy atom. The van der Waals surface area contributed by atoms with E-state index in [1.54, 1.807) is 36.4 Å². The number of amides is 2. The van der Waals surface area contributed by atoms with Gasteiger partial charge in [0, 0.05) is 10.7 Å². The number of aryl methyl sites for hydroxylation is 1. The summed E-state index contributed by atoms with van der Waals surface area (Å²) in [6, 6.07) is 23.6. The van der Waals surface area contributed by atoms with Crippen molar-refractivity contribution >= 4 is 58.2 Å². The second kappa shape index (κ2) is 10.4. The van der Waals surface area contributed by atoms with Crippen molar-refractivity contribution in [1.82, 2.24) is 0 Å². The van der Waals surface area contributed by atoms with E-state index in [4.69, 9.17) is 23.2 Å². The maximum Gasteiger partial charge on any atom is 0.269 e. The molecule has 5 nitrogen and oxygen atoms in total. The normalized spacial score (nSPS) is 16.8. The second-order valence-electron chi connectivity index (χ2n) is 7.68. The molecular formula is C26H19Cl2N3O2S. The summed E-state index contributed by atoms with van der Waals surface area (Å²) in [6.45, 7) is 2.00. The summed E-state index contributed by atoms with van der Waals surface area (Å²) in [5.41, 5.74) is 2.87. The van der Waals surface area contributed by atoms with Gasteiger partial charge in [-0.3, -0.25) is 14.5 Å². The molecule has 0 aromatic heterocycles. The molecule has 1 aliphatic heterocycles. The van der Waals surface area contributed by atoms with Crippen molar-refractivity contribution in [3.63, 3.8) is 0 Å². The van der Waals surface area contributed by atoms with E-state index < -0.39 is 11.2 Å². The van der Waals surface area contributed by atoms with E-state index in [2.05, 4.69) is 5.32 Å². The topological polar surface area (TPSA) is 73.2 Å². The number of para-hydroxylation sites is 1. The molecule has 34 heavy (non-hydrogen) atoms. The van der Waals surface area contributed by atoms with Crippen LogP contribution < -0.4 is 10.2 Å². The number of rotatable bonds is 5. The first kappa shape index (κ1) is 23.9. The predicted molar refractivity (Wildman–Crippen MR) is 138 cm³/mol. The van der Waals surface area contributed by atoms with Crippen molar-refractivity contribution in [3.8, 4) is 6.07 Å². The molecule has 170 valence electrons. The molecule has 1 aliphatic rings. The summed E-state index contributed by atoms with van der Waals surface area (Å²) in [5, 5.41) is 13.1. The number of halogens is 2. The Bertz CT molecular complexity index is 1320. The van der Waals surface area contributed by atoms with Gasteiger partial charge in [-0.25, -0.2) is 0 Å². The number of nitriles is 1. The van der Waals surface area contributed by atoms with Crippen molar-refractivity contribution < 1.29 is 9.59 Å². The Morgan fingerprint density at radius 2 is 1.79 bits per heavy atom. The molecule has 1 atom stereocenters. The van der Waals surface area contributed by atoms with Crippen LogP contribution in [-0.2, 0) is 16.0 Å². The number of thioether (sulfide) groups is 1. The van der Waals surface area contributed by atoms with Crippen LogP contribution in [0.3, 0.4) is 0 Å². The highest BCUT2D eigenvalue weighted by Crippen LogP contribution is 2.42. The van der Waals surface area contributed by atoms with Gasteiger partial charge in [-0.2, -0.15) is 5.26 Å². The molecule has 1 heterocycles. The number of hydrogen-bond donors (Lipinski definition) is 1. The molecule has 8 heteroatoms. The Labute approximate surface area is 212 Å². The van der Waals surface area contributed by atoms with Crippen LogP contribution in [0, 0.1) is 18.3 Å². The van der Waals surface area contributed by atoms with E-state index in [0.717, 1.165) is 11.1 Å². The predicted octanol–water partition coefficient (Wildman–Crippen LogP) is 6.37. The van der Waals surface area contributed by atoms with Crippen LogP contribution in [0.5, 0.6) is 0 Å². The fourth-order valence-corrected chi connectivity index (χ4v) is 5.28. The van der Waals surface area contributed by atoms with Gasteiger partial charge in [0.15, 0.2) is 0 Å². The molecule has 0 spiro atoms. The summed E-state index contributed by atoms with van der Waals surface area (Å²) >= 11 is 13.3. The lowest BCUT2D eigenvalue weighted by Crippen LogP contribution is -2.30. The molecule has 0 aliphatic carbocycles. The molecule has 1 unspecified atom stereocenters. The average Bonchev–Trinajstić information content (AvgIpc) is 3.13. The van der Waals surface area contributed by atoms with Crippen molar-refractivity contribution in [2.45, 2.75) is 18.6 Å². The molecule has 0 radical (unpaired) electrons. The molecule has 2 amide bonds. The molecule has 3 aromatic rings. The Morgan fingerprint density at radius 3 is 2.44 bits per heavy atom. The summed E-state index contributed by atoms with van der Waals surface area (Å²) in [5.74, 6) is -0.837. The van der Waals surface area contributed by atoms with E-state index in [1.807, 2.05) is 43.3 Å². The van der Waals surface area contributed by atoms with E-state index in [-0.39, 0.29) is 16.5 Å². The SMILES string of the molecule is Cc1ccc(CC2S/C(=C(/C#N)C(=O)Nc3ccc(Cl)cc3Cl)N(c3ccccc3)C2=O)cc1. The van der Waals surface area contributed by atoms with Crippen LogP contribution in [0.25, 0.3) is 0 Å². The van der Waals surface area contributed by atoms with Crippen molar-refractivity contribution in [1.29, 1.82) is 5.26 Å². The highest BCUT2D eigenvalue weighted by Gasteiger charge is 2.40. The lowest BCUT2D eigenvalue weighted by molar-refractivity contribution is -0.117. The van der Waals surface area contributed by atoms with E-state index in [1.165, 1.54) is 22.7 Å². The Balaban J connectivity index is 1.71. The first-order valence-electron chi connectivity index (χ1n) is 10.4. The van der Waals surface area contributed by atoms with Crippen LogP contribution in [0.4, 0.5) is 11.4 Å². The van der Waals surface area contributed by atoms with Gasteiger partial charge in [0.1, 0.15) is 16.7 Å². The molecular weight excluding hydrogens is 489 g/mol. The fourth-order valence-electron chi connectivity index (χ4n) is 3.51. The highest BCUT2D eigenvalue weighted by molar-refractivity contribution is 8.05. The third-order valence-electron chi connectivity index (χ3n) is 5.24. The zero-order chi connectivity index (χ0) is 24.2. The molecule has 1 fully saturated rings. The highest BCUT2D eigenvalue weighted by atomic mass is 35.5. The lowest BCUT2D eigenvalue weighted by atomic mass is 10.1. The van der Waals surface area contributed by atoms with Crippen LogP contribution in [-0.4, -0.2) is 17.1 Å². The zero-order valence-corrected chi connectivity index (χ0v) is 20.4. The zero-order valence-electron chi connectivity index (χ0n) is 18.1. The number of benzene rings is 3. The van der Waals surface area contributed by atoms with Gasteiger partial charge in [-0.05, 0) is 49.2 Å². The van der Waals surface area contributed by atoms with Gasteiger partial charge < -0.3 is 5.32 Å². The number of carbonyl (C=O) groups excluding carboxylic acids is 2. The minimum Gasteiger partial charge on any atom is -0.320 e. The number of nitrogens with one attached hydrogen (secondary N) is 1. The van der Waals surface area contributed by atoms with Gasteiger partial charge in [-0.1, -0.05) is 83.0 Å². The van der Waals surface area contributed by atoms with Crippen LogP contribution in [0.1, 0.15) is 11.1 Å². The third kappa shape index (κ3) is 5.13. The minimum atomic E-state index is -0.654. The second-order valence-corrected chi connectivity index (χ2v) is 9.71. The van der Waals surface area contributed by atoms with Gasteiger partial charge in [-0.15, -0.1) is 0 Å². The van der Waals surface area contributed by atoms with E-state index in [0.29, 0.717) is 27.8 Å². The summed E-state index contributed by atoms with van der Waals surface area (Å²) in [4.78, 5) is 28.0. The van der Waals surface area contributed by atoms with Crippen LogP contribution in [0.15, 0.2) is 83.4 Å². The monoisotopic (exact) mass is 507 g/mol. The standard InChI is InChI=1S/C26H19Cl2N3O2S/c1-16-7-9-17(10-8-16)13-23-25(33)31(19-5-3-2-4-6-19)26(34-23)20(15-29)24(32)30-22-12-11-18(27)14-21(22)28/h2-12,14,23H,13H2,1H3,(H,30,32)/b26-20-. The first-order valence-corrected chi connectivity index (χ1v) is 12.0. The molecule has 3 aromatic carbocycles. The van der Waals surface area contributed by atoms with Crippen molar-refractivity contribution in [2.24, 2.45) is 0 Å². The maximum atomic E-state index is 13.5. The van der Waals surface area contributed by atoms with Crippen LogP contribution >= 0.6 is 35.0 Å². The Kier molecular flexibility index (Phi) is 7.28. The summed E-state index contributed by atoms with van der Waals surface area (Å²) in [6.07, 6.45) is 0.472. The average molecular weight is 508 g/mol. The van der Waals surface area contributed by atoms with E-state index in [9.17, 15) is 14.9 Å². The van der Waals surface area contributed by atoms with Gasteiger partial charge in [0.2, 0.25) is 5.91 Å². The Hall–Kier alpha value is -3.24. The minimum absolute atomic E-state index is 0.167. The van der Waals surface area contributed by atoms with Crippen molar-refractivity contribution in [2.75, 3.05) is 10.2 Å². The number of hydrogen-bond acceptors (Lipinski definition) is 4. The quantitative estimate of drug-likeness (QED) is 0.321. The molecule has 1 saturated heterocycles. The van der Waals surface area contributed by atoms with Gasteiger partial charge in [0.05, 0.1) is 16.0 Å². The largest absolute Gasteiger partial charge is 0.320 e. The molecule has 0 saturated carbocycles. The number of carbonyl (C=O) groups is 2. The van der Waals surface area contributed by atoms with Gasteiger partial charge >= 0.3 is 0 Å². The number of anilines is 2. The number of nitrogens with zero attached hydrogens (tertiary/aromatic N) is 2. The first-order chi connectivity index (χ1) is 16.4. The maximum absolute atomic E-state index is 13.5. The molecule has 1 N–H and O–H groups in total. The van der Waals surface area contributed by atoms with Gasteiger partial charge in [0.25, 0.3) is 5.91 Å². The van der Waals surface area contributed by atoms with Crippen LogP contribution in [0.2, 0.25) is 10.0 Å². The summed E-state index contributed by atoms with van der Waals surface area (Å²) in [7, 11) is 0. The third-order valence-corrected chi connectivity index (χ3v) is 7.05. The van der Waals surface area contributed by atoms with Crippen molar-refractivity contribution in [3.05, 3.63) is 105 Å². The fraction of sp³-hybridized carbons (Fsp3) is 0.115. The lowest BCUT2D eigenvalue weighted by Gasteiger charge is -2.18. The summed E-state index contributed by atoms with van der Waals surface area (Å²) < 4.78 is 0. The smallest absolute Gasteiger partial charge is 0.269 e. The van der Waals surface area contributed by atoms with E-state index >= 15 is 0 Å².